The molecule has 1 fully saturated rings. The molecule has 1 aromatic heterocycles. The average Bonchev–Trinajstić information content (AvgIpc) is 3.40. The Morgan fingerprint density at radius 2 is 1.90 bits per heavy atom. The minimum absolute atomic E-state index is 0.0618. The van der Waals surface area contributed by atoms with Crippen LogP contribution >= 0.6 is 0 Å². The Kier molecular flexibility index (Phi) is 5.44. The van der Waals surface area contributed by atoms with Gasteiger partial charge in [-0.25, -0.2) is 0 Å². The first kappa shape index (κ1) is 19.9. The molecule has 0 saturated carbocycles. The summed E-state index contributed by atoms with van der Waals surface area (Å²) in [6.07, 6.45) is 0.347. The monoisotopic (exact) mass is 407 g/mol. The molecule has 1 unspecified atom stereocenters. The van der Waals surface area contributed by atoms with Crippen LogP contribution in [-0.2, 0) is 4.79 Å². The number of hydrogen-bond acceptors (Lipinski definition) is 6. The number of anilines is 1. The number of nitrogens with zero attached hydrogens (tertiary/aromatic N) is 3. The van der Waals surface area contributed by atoms with Crippen molar-refractivity contribution in [2.24, 2.45) is 0 Å². The van der Waals surface area contributed by atoms with E-state index in [1.54, 1.807) is 31.3 Å². The third-order valence-electron chi connectivity index (χ3n) is 5.41. The number of carbonyl (C=O) groups excluding carboxylic acids is 1. The van der Waals surface area contributed by atoms with Crippen molar-refractivity contribution >= 4 is 11.6 Å². The molecule has 1 amide bonds. The lowest BCUT2D eigenvalue weighted by molar-refractivity contribution is -0.117. The lowest BCUT2D eigenvalue weighted by atomic mass is 10.0. The second-order valence-electron chi connectivity index (χ2n) is 7.68. The molecule has 0 radical (unpaired) electrons. The molecule has 0 N–H and O–H groups in total. The third kappa shape index (κ3) is 3.75. The van der Waals surface area contributed by atoms with Gasteiger partial charge in [-0.15, -0.1) is 0 Å². The third-order valence-corrected chi connectivity index (χ3v) is 5.41. The summed E-state index contributed by atoms with van der Waals surface area (Å²) in [6.45, 7) is 4.80. The van der Waals surface area contributed by atoms with Crippen LogP contribution in [0, 0.1) is 0 Å². The topological polar surface area (TPSA) is 77.7 Å². The molecule has 1 aliphatic heterocycles. The largest absolute Gasteiger partial charge is 0.493 e. The molecule has 0 bridgehead atoms. The number of amides is 1. The van der Waals surface area contributed by atoms with Gasteiger partial charge in [0.15, 0.2) is 11.5 Å². The highest BCUT2D eigenvalue weighted by atomic mass is 16.5. The van der Waals surface area contributed by atoms with Crippen LogP contribution < -0.4 is 14.4 Å². The van der Waals surface area contributed by atoms with Gasteiger partial charge in [-0.05, 0) is 41.8 Å². The Morgan fingerprint density at radius 1 is 1.10 bits per heavy atom. The Labute approximate surface area is 175 Å². The van der Waals surface area contributed by atoms with Gasteiger partial charge in [0.1, 0.15) is 0 Å². The maximum Gasteiger partial charge on any atom is 0.232 e. The van der Waals surface area contributed by atoms with E-state index in [-0.39, 0.29) is 11.8 Å². The maximum atomic E-state index is 12.7. The summed E-state index contributed by atoms with van der Waals surface area (Å²) >= 11 is 0. The Morgan fingerprint density at radius 3 is 2.63 bits per heavy atom. The van der Waals surface area contributed by atoms with Crippen molar-refractivity contribution in [2.45, 2.75) is 32.1 Å². The van der Waals surface area contributed by atoms with Crippen molar-refractivity contribution in [2.75, 3.05) is 25.7 Å². The molecular weight excluding hydrogens is 382 g/mol. The summed E-state index contributed by atoms with van der Waals surface area (Å²) in [5.41, 5.74) is 2.87. The first-order chi connectivity index (χ1) is 14.5. The molecule has 0 aliphatic carbocycles. The Bertz CT molecular complexity index is 1060. The first-order valence-corrected chi connectivity index (χ1v) is 9.96. The normalized spacial score (nSPS) is 16.4. The van der Waals surface area contributed by atoms with E-state index in [1.807, 2.05) is 18.2 Å². The van der Waals surface area contributed by atoms with Crippen molar-refractivity contribution in [3.63, 3.8) is 0 Å². The standard InChI is InChI=1S/C23H25N3O4/c1-14(2)15-6-5-7-18(10-15)26-13-17(12-21(26)27)23-24-22(25-30-23)16-8-9-19(28-3)20(11-16)29-4/h5-11,14,17H,12-13H2,1-4H3. The van der Waals surface area contributed by atoms with Crippen molar-refractivity contribution in [3.8, 4) is 22.9 Å². The van der Waals surface area contributed by atoms with Crippen LogP contribution in [-0.4, -0.2) is 36.8 Å². The van der Waals surface area contributed by atoms with E-state index < -0.39 is 0 Å². The summed E-state index contributed by atoms with van der Waals surface area (Å²) in [4.78, 5) is 19.0. The number of aromatic nitrogens is 2. The van der Waals surface area contributed by atoms with Crippen LogP contribution in [0.15, 0.2) is 47.0 Å². The summed E-state index contributed by atoms with van der Waals surface area (Å²) in [6, 6.07) is 13.6. The van der Waals surface area contributed by atoms with Gasteiger partial charge >= 0.3 is 0 Å². The van der Waals surface area contributed by atoms with Gasteiger partial charge in [0, 0.05) is 24.2 Å². The van der Waals surface area contributed by atoms with Crippen LogP contribution in [0.5, 0.6) is 11.5 Å². The highest BCUT2D eigenvalue weighted by Crippen LogP contribution is 2.35. The molecule has 2 heterocycles. The maximum absolute atomic E-state index is 12.7. The lowest BCUT2D eigenvalue weighted by Gasteiger charge is -2.18. The minimum Gasteiger partial charge on any atom is -0.493 e. The first-order valence-electron chi connectivity index (χ1n) is 9.96. The lowest BCUT2D eigenvalue weighted by Crippen LogP contribution is -2.24. The van der Waals surface area contributed by atoms with Crippen LogP contribution in [0.2, 0.25) is 0 Å². The second-order valence-corrected chi connectivity index (χ2v) is 7.68. The number of rotatable bonds is 6. The molecule has 1 saturated heterocycles. The fourth-order valence-corrected chi connectivity index (χ4v) is 3.67. The van der Waals surface area contributed by atoms with Crippen molar-refractivity contribution < 1.29 is 18.8 Å². The van der Waals surface area contributed by atoms with E-state index in [9.17, 15) is 4.79 Å². The van der Waals surface area contributed by atoms with E-state index in [4.69, 9.17) is 14.0 Å². The molecule has 4 rings (SSSR count). The number of hydrogen-bond donors (Lipinski definition) is 0. The predicted molar refractivity (Wildman–Crippen MR) is 113 cm³/mol. The highest BCUT2D eigenvalue weighted by Gasteiger charge is 2.35. The van der Waals surface area contributed by atoms with Gasteiger partial charge in [-0.1, -0.05) is 31.1 Å². The van der Waals surface area contributed by atoms with E-state index in [2.05, 4.69) is 36.1 Å². The summed E-state index contributed by atoms with van der Waals surface area (Å²) in [7, 11) is 3.17. The molecule has 7 nitrogen and oxygen atoms in total. The summed E-state index contributed by atoms with van der Waals surface area (Å²) in [5, 5.41) is 4.11. The van der Waals surface area contributed by atoms with Crippen molar-refractivity contribution in [3.05, 3.63) is 53.9 Å². The van der Waals surface area contributed by atoms with Crippen LogP contribution in [0.1, 0.15) is 43.6 Å². The summed E-state index contributed by atoms with van der Waals surface area (Å²) < 4.78 is 16.1. The SMILES string of the molecule is COc1ccc(-c2noc(C3CC(=O)N(c4cccc(C(C)C)c4)C3)n2)cc1OC. The number of methoxy groups -OCH3 is 2. The number of carbonyl (C=O) groups is 1. The molecule has 3 aromatic rings. The predicted octanol–water partition coefficient (Wildman–Crippen LogP) is 4.40. The average molecular weight is 407 g/mol. The quantitative estimate of drug-likeness (QED) is 0.603. The Hall–Kier alpha value is -3.35. The molecule has 1 aliphatic rings. The van der Waals surface area contributed by atoms with E-state index >= 15 is 0 Å². The fourth-order valence-electron chi connectivity index (χ4n) is 3.67. The van der Waals surface area contributed by atoms with Gasteiger partial charge in [0.2, 0.25) is 17.6 Å². The molecule has 156 valence electrons. The van der Waals surface area contributed by atoms with Crippen molar-refractivity contribution in [1.29, 1.82) is 0 Å². The van der Waals surface area contributed by atoms with Gasteiger partial charge in [0.25, 0.3) is 0 Å². The number of benzene rings is 2. The minimum atomic E-state index is -0.137. The molecule has 7 heteroatoms. The zero-order chi connectivity index (χ0) is 21.3. The molecule has 1 atom stereocenters. The highest BCUT2D eigenvalue weighted by molar-refractivity contribution is 5.96. The second kappa shape index (κ2) is 8.18. The van der Waals surface area contributed by atoms with E-state index in [0.29, 0.717) is 42.1 Å². The smallest absolute Gasteiger partial charge is 0.232 e. The molecular formula is C23H25N3O4. The zero-order valence-electron chi connectivity index (χ0n) is 17.6. The number of ether oxygens (including phenoxy) is 2. The van der Waals surface area contributed by atoms with Gasteiger partial charge in [-0.3, -0.25) is 4.79 Å². The zero-order valence-corrected chi connectivity index (χ0v) is 17.6. The van der Waals surface area contributed by atoms with Gasteiger partial charge in [-0.2, -0.15) is 4.98 Å². The molecule has 0 spiro atoms. The molecule has 2 aromatic carbocycles. The van der Waals surface area contributed by atoms with Crippen LogP contribution in [0.25, 0.3) is 11.4 Å². The Balaban J connectivity index is 1.55. The van der Waals surface area contributed by atoms with E-state index in [0.717, 1.165) is 11.3 Å². The van der Waals surface area contributed by atoms with Crippen LogP contribution in [0.3, 0.4) is 0 Å². The van der Waals surface area contributed by atoms with Gasteiger partial charge in [0.05, 0.1) is 20.1 Å². The summed E-state index contributed by atoms with van der Waals surface area (Å²) in [5.74, 6) is 2.47. The van der Waals surface area contributed by atoms with Crippen LogP contribution in [0.4, 0.5) is 5.69 Å². The van der Waals surface area contributed by atoms with E-state index in [1.165, 1.54) is 5.56 Å². The molecule has 30 heavy (non-hydrogen) atoms. The van der Waals surface area contributed by atoms with Crippen molar-refractivity contribution in [1.82, 2.24) is 10.1 Å². The van der Waals surface area contributed by atoms with Gasteiger partial charge < -0.3 is 18.9 Å². The fraction of sp³-hybridized carbons (Fsp3) is 0.348.